The van der Waals surface area contributed by atoms with E-state index >= 15 is 0 Å². The Morgan fingerprint density at radius 1 is 1.21 bits per heavy atom. The van der Waals surface area contributed by atoms with E-state index in [2.05, 4.69) is 20.6 Å². The third kappa shape index (κ3) is 3.19. The number of benzene rings is 1. The molecule has 0 fully saturated rings. The minimum Gasteiger partial charge on any atom is -0.348 e. The number of H-pyrrole nitrogens is 1. The quantitative estimate of drug-likeness (QED) is 0.786. The van der Waals surface area contributed by atoms with Crippen molar-refractivity contribution in [2.75, 3.05) is 10.6 Å². The Bertz CT molecular complexity index is 619. The summed E-state index contributed by atoms with van der Waals surface area (Å²) in [6.07, 6.45) is 1.47. The molecule has 0 atom stereocenters. The number of hydrogen-bond acceptors (Lipinski definition) is 3. The van der Waals surface area contributed by atoms with Crippen LogP contribution in [0, 0.1) is 6.92 Å². The number of imidazole rings is 1. The van der Waals surface area contributed by atoms with E-state index in [1.807, 2.05) is 0 Å². The van der Waals surface area contributed by atoms with Gasteiger partial charge in [0.25, 0.3) is 5.91 Å². The normalized spacial score (nSPS) is 10.0. The van der Waals surface area contributed by atoms with Crippen LogP contribution >= 0.6 is 0 Å². The van der Waals surface area contributed by atoms with Gasteiger partial charge in [-0.1, -0.05) is 6.07 Å². The summed E-state index contributed by atoms with van der Waals surface area (Å²) in [4.78, 5) is 29.7. The topological polar surface area (TPSA) is 86.9 Å². The highest BCUT2D eigenvalue weighted by atomic mass is 16.2. The van der Waals surface area contributed by atoms with E-state index in [1.165, 1.54) is 13.3 Å². The molecule has 0 bridgehead atoms. The summed E-state index contributed by atoms with van der Waals surface area (Å²) in [7, 11) is 0. The molecule has 1 heterocycles. The minimum absolute atomic E-state index is 0.161. The Kier molecular flexibility index (Phi) is 3.61. The number of aryl methyl sites for hydroxylation is 1. The molecule has 0 aliphatic rings. The number of hydrogen-bond donors (Lipinski definition) is 3. The Morgan fingerprint density at radius 2 is 1.89 bits per heavy atom. The Labute approximate surface area is 110 Å². The van der Waals surface area contributed by atoms with Crippen LogP contribution < -0.4 is 10.6 Å². The molecule has 6 nitrogen and oxygen atoms in total. The molecule has 0 aliphatic carbocycles. The third-order valence-corrected chi connectivity index (χ3v) is 2.49. The highest BCUT2D eigenvalue weighted by Gasteiger charge is 2.11. The van der Waals surface area contributed by atoms with E-state index in [0.29, 0.717) is 22.8 Å². The average molecular weight is 258 g/mol. The Balaban J connectivity index is 2.13. The van der Waals surface area contributed by atoms with Crippen molar-refractivity contribution in [3.63, 3.8) is 0 Å². The fourth-order valence-corrected chi connectivity index (χ4v) is 1.66. The Morgan fingerprint density at radius 3 is 2.47 bits per heavy atom. The first-order chi connectivity index (χ1) is 9.06. The van der Waals surface area contributed by atoms with E-state index < -0.39 is 0 Å². The van der Waals surface area contributed by atoms with Crippen molar-refractivity contribution in [3.8, 4) is 0 Å². The van der Waals surface area contributed by atoms with Crippen molar-refractivity contribution in [3.05, 3.63) is 42.0 Å². The molecule has 2 aromatic rings. The lowest BCUT2D eigenvalue weighted by molar-refractivity contribution is -0.114. The van der Waals surface area contributed by atoms with E-state index in [9.17, 15) is 9.59 Å². The molecule has 0 aliphatic heterocycles. The molecule has 0 saturated heterocycles. The van der Waals surface area contributed by atoms with Crippen LogP contribution in [0.25, 0.3) is 0 Å². The predicted molar refractivity (Wildman–Crippen MR) is 72.0 cm³/mol. The van der Waals surface area contributed by atoms with Gasteiger partial charge in [0.15, 0.2) is 0 Å². The summed E-state index contributed by atoms with van der Waals surface area (Å²) in [5.41, 5.74) is 2.28. The third-order valence-electron chi connectivity index (χ3n) is 2.49. The zero-order chi connectivity index (χ0) is 13.8. The number of carbonyl (C=O) groups excluding carboxylic acids is 2. The number of aromatic amines is 1. The second kappa shape index (κ2) is 5.34. The summed E-state index contributed by atoms with van der Waals surface area (Å²) < 4.78 is 0. The molecule has 1 aromatic carbocycles. The smallest absolute Gasteiger partial charge is 0.276 e. The molecule has 98 valence electrons. The lowest BCUT2D eigenvalue weighted by atomic mass is 10.2. The monoisotopic (exact) mass is 258 g/mol. The number of anilines is 2. The first-order valence-electron chi connectivity index (χ1n) is 5.75. The Hall–Kier alpha value is -2.63. The van der Waals surface area contributed by atoms with Crippen molar-refractivity contribution in [2.24, 2.45) is 0 Å². The van der Waals surface area contributed by atoms with Crippen LogP contribution in [-0.4, -0.2) is 21.8 Å². The zero-order valence-electron chi connectivity index (χ0n) is 10.7. The lowest BCUT2D eigenvalue weighted by Gasteiger charge is -2.07. The van der Waals surface area contributed by atoms with Crippen molar-refractivity contribution < 1.29 is 9.59 Å². The van der Waals surface area contributed by atoms with Gasteiger partial charge in [-0.25, -0.2) is 4.98 Å². The van der Waals surface area contributed by atoms with Crippen LogP contribution in [0.3, 0.4) is 0 Å². The molecule has 1 aromatic heterocycles. The fourth-order valence-electron chi connectivity index (χ4n) is 1.66. The SMILES string of the molecule is CC(=O)Nc1cccc(NC(=O)c2nc[nH]c2C)c1. The van der Waals surface area contributed by atoms with Gasteiger partial charge in [0, 0.05) is 24.0 Å². The van der Waals surface area contributed by atoms with Crippen molar-refractivity contribution in [1.29, 1.82) is 0 Å². The first-order valence-corrected chi connectivity index (χ1v) is 5.75. The van der Waals surface area contributed by atoms with Gasteiger partial charge in [0.2, 0.25) is 5.91 Å². The highest BCUT2D eigenvalue weighted by molar-refractivity contribution is 6.04. The number of nitrogens with zero attached hydrogens (tertiary/aromatic N) is 1. The first kappa shape index (κ1) is 12.8. The molecule has 2 rings (SSSR count). The van der Waals surface area contributed by atoms with Crippen LogP contribution in [0.15, 0.2) is 30.6 Å². The highest BCUT2D eigenvalue weighted by Crippen LogP contribution is 2.16. The molecule has 0 radical (unpaired) electrons. The summed E-state index contributed by atoms with van der Waals surface area (Å²) >= 11 is 0. The lowest BCUT2D eigenvalue weighted by Crippen LogP contribution is -2.14. The maximum Gasteiger partial charge on any atom is 0.276 e. The van der Waals surface area contributed by atoms with Crippen molar-refractivity contribution in [2.45, 2.75) is 13.8 Å². The summed E-state index contributed by atoms with van der Waals surface area (Å²) in [6.45, 7) is 3.20. The zero-order valence-corrected chi connectivity index (χ0v) is 10.7. The van der Waals surface area contributed by atoms with Crippen LogP contribution in [0.2, 0.25) is 0 Å². The number of carbonyl (C=O) groups is 2. The van der Waals surface area contributed by atoms with Gasteiger partial charge in [0.05, 0.1) is 6.33 Å². The van der Waals surface area contributed by atoms with Gasteiger partial charge in [-0.2, -0.15) is 0 Å². The van der Waals surface area contributed by atoms with Crippen LogP contribution in [-0.2, 0) is 4.79 Å². The van der Waals surface area contributed by atoms with E-state index in [0.717, 1.165) is 0 Å². The van der Waals surface area contributed by atoms with E-state index in [1.54, 1.807) is 31.2 Å². The second-order valence-electron chi connectivity index (χ2n) is 4.09. The molecular formula is C13H14N4O2. The van der Waals surface area contributed by atoms with Gasteiger partial charge in [-0.15, -0.1) is 0 Å². The van der Waals surface area contributed by atoms with E-state index in [-0.39, 0.29) is 11.8 Å². The molecule has 3 N–H and O–H groups in total. The minimum atomic E-state index is -0.293. The molecule has 19 heavy (non-hydrogen) atoms. The standard InChI is InChI=1S/C13H14N4O2/c1-8-12(15-7-14-8)13(19)17-11-5-3-4-10(6-11)16-9(2)18/h3-7H,1-2H3,(H,14,15)(H,16,18)(H,17,19). The largest absolute Gasteiger partial charge is 0.348 e. The molecule has 0 spiro atoms. The fraction of sp³-hybridized carbons (Fsp3) is 0.154. The maximum atomic E-state index is 11.9. The van der Waals surface area contributed by atoms with Crippen molar-refractivity contribution in [1.82, 2.24) is 9.97 Å². The summed E-state index contributed by atoms with van der Waals surface area (Å²) in [5, 5.41) is 5.38. The van der Waals surface area contributed by atoms with Crippen LogP contribution in [0.1, 0.15) is 23.1 Å². The molecule has 0 saturated carbocycles. The van der Waals surface area contributed by atoms with Gasteiger partial charge in [0.1, 0.15) is 5.69 Å². The molecular weight excluding hydrogens is 244 g/mol. The molecule has 6 heteroatoms. The molecule has 0 unspecified atom stereocenters. The van der Waals surface area contributed by atoms with Crippen LogP contribution in [0.4, 0.5) is 11.4 Å². The summed E-state index contributed by atoms with van der Waals surface area (Å²) in [6, 6.07) is 6.92. The molecule has 2 amide bonds. The maximum absolute atomic E-state index is 11.9. The van der Waals surface area contributed by atoms with Gasteiger partial charge in [-0.05, 0) is 25.1 Å². The number of aromatic nitrogens is 2. The summed E-state index contributed by atoms with van der Waals surface area (Å²) in [5.74, 6) is -0.453. The van der Waals surface area contributed by atoms with Gasteiger partial charge >= 0.3 is 0 Å². The second-order valence-corrected chi connectivity index (χ2v) is 4.09. The van der Waals surface area contributed by atoms with E-state index in [4.69, 9.17) is 0 Å². The number of rotatable bonds is 3. The number of nitrogens with one attached hydrogen (secondary N) is 3. The van der Waals surface area contributed by atoms with Gasteiger partial charge in [-0.3, -0.25) is 9.59 Å². The van der Waals surface area contributed by atoms with Crippen LogP contribution in [0.5, 0.6) is 0 Å². The van der Waals surface area contributed by atoms with Gasteiger partial charge < -0.3 is 15.6 Å². The average Bonchev–Trinajstić information content (AvgIpc) is 2.75. The predicted octanol–water partition coefficient (Wildman–Crippen LogP) is 1.93. The van der Waals surface area contributed by atoms with Crippen molar-refractivity contribution >= 4 is 23.2 Å². The number of amides is 2.